The molecule has 26 heavy (non-hydrogen) atoms. The summed E-state index contributed by atoms with van der Waals surface area (Å²) in [6.45, 7) is 8.93. The fourth-order valence-corrected chi connectivity index (χ4v) is 5.08. The molecule has 2 heterocycles. The van der Waals surface area contributed by atoms with Gasteiger partial charge in [-0.15, -0.1) is 0 Å². The molecule has 1 aliphatic heterocycles. The standard InChI is InChI=1S/C19H27N3O4/c1-11-13(12(2)21-17(25)20-11)6-7-15(23)22-8-14-18(3,4)9-19(14,10-22)16(24)26-5/h14H,6-10H2,1-5H3,(H,20,21,25)/t14-,19+/m1/s1. The second kappa shape index (κ2) is 6.21. The number of nitrogens with zero attached hydrogens (tertiary/aromatic N) is 2. The Kier molecular flexibility index (Phi) is 4.45. The molecule has 1 aliphatic carbocycles. The molecular weight excluding hydrogens is 334 g/mol. The number of ether oxygens (including phenoxy) is 1. The van der Waals surface area contributed by atoms with Gasteiger partial charge in [0, 0.05) is 30.9 Å². The maximum absolute atomic E-state index is 12.8. The molecule has 3 rings (SSSR count). The van der Waals surface area contributed by atoms with Crippen LogP contribution in [-0.4, -0.2) is 46.9 Å². The maximum atomic E-state index is 12.8. The number of rotatable bonds is 4. The number of nitrogens with one attached hydrogen (secondary N) is 1. The van der Waals surface area contributed by atoms with Crippen LogP contribution in [0.15, 0.2) is 4.79 Å². The molecule has 1 aromatic heterocycles. The Bertz CT molecular complexity index is 787. The van der Waals surface area contributed by atoms with E-state index in [2.05, 4.69) is 23.8 Å². The zero-order valence-electron chi connectivity index (χ0n) is 16.1. The lowest BCUT2D eigenvalue weighted by Gasteiger charge is -2.54. The smallest absolute Gasteiger partial charge is 0.345 e. The summed E-state index contributed by atoms with van der Waals surface area (Å²) in [6.07, 6.45) is 1.61. The minimum atomic E-state index is -0.542. The van der Waals surface area contributed by atoms with Gasteiger partial charge in [0.15, 0.2) is 0 Å². The van der Waals surface area contributed by atoms with Gasteiger partial charge in [-0.05, 0) is 43.6 Å². The van der Waals surface area contributed by atoms with Crippen molar-refractivity contribution in [3.8, 4) is 0 Å². The predicted octanol–water partition coefficient (Wildman–Crippen LogP) is 1.37. The Morgan fingerprint density at radius 3 is 2.62 bits per heavy atom. The number of esters is 1. The van der Waals surface area contributed by atoms with E-state index < -0.39 is 5.41 Å². The summed E-state index contributed by atoms with van der Waals surface area (Å²) in [4.78, 5) is 44.9. The summed E-state index contributed by atoms with van der Waals surface area (Å²) in [5.41, 5.74) is 1.45. The number of aryl methyl sites for hydroxylation is 2. The highest BCUT2D eigenvalue weighted by molar-refractivity contribution is 5.83. The molecule has 7 heteroatoms. The highest BCUT2D eigenvalue weighted by Crippen LogP contribution is 2.63. The van der Waals surface area contributed by atoms with Crippen LogP contribution in [0, 0.1) is 30.6 Å². The first-order valence-electron chi connectivity index (χ1n) is 9.03. The van der Waals surface area contributed by atoms with E-state index in [1.54, 1.807) is 11.8 Å². The second-order valence-corrected chi connectivity index (χ2v) is 8.37. The van der Waals surface area contributed by atoms with Gasteiger partial charge >= 0.3 is 11.7 Å². The predicted molar refractivity (Wildman–Crippen MR) is 95.6 cm³/mol. The number of aromatic nitrogens is 2. The van der Waals surface area contributed by atoms with Gasteiger partial charge in [-0.25, -0.2) is 4.79 Å². The molecule has 0 bridgehead atoms. The zero-order valence-corrected chi connectivity index (χ0v) is 16.1. The van der Waals surface area contributed by atoms with Crippen molar-refractivity contribution in [3.05, 3.63) is 27.4 Å². The van der Waals surface area contributed by atoms with Crippen LogP contribution >= 0.6 is 0 Å². The van der Waals surface area contributed by atoms with Crippen LogP contribution in [0.1, 0.15) is 43.6 Å². The van der Waals surface area contributed by atoms with Gasteiger partial charge in [0.1, 0.15) is 0 Å². The molecule has 0 radical (unpaired) electrons. The summed E-state index contributed by atoms with van der Waals surface area (Å²) in [5, 5.41) is 0. The van der Waals surface area contributed by atoms with Crippen molar-refractivity contribution in [3.63, 3.8) is 0 Å². The third-order valence-electron chi connectivity index (χ3n) is 6.24. The van der Waals surface area contributed by atoms with Crippen LogP contribution in [-0.2, 0) is 20.7 Å². The third kappa shape index (κ3) is 2.83. The van der Waals surface area contributed by atoms with E-state index in [-0.39, 0.29) is 28.9 Å². The van der Waals surface area contributed by atoms with Gasteiger partial charge in [-0.3, -0.25) is 9.59 Å². The van der Waals surface area contributed by atoms with Gasteiger partial charge in [-0.2, -0.15) is 4.98 Å². The average Bonchev–Trinajstić information content (AvgIpc) is 2.89. The summed E-state index contributed by atoms with van der Waals surface area (Å²) in [5.74, 6) is -0.0262. The Labute approximate surface area is 153 Å². The van der Waals surface area contributed by atoms with Gasteiger partial charge in [0.25, 0.3) is 0 Å². The minimum Gasteiger partial charge on any atom is -0.469 e. The molecule has 7 nitrogen and oxygen atoms in total. The van der Waals surface area contributed by atoms with Gasteiger partial charge in [-0.1, -0.05) is 13.8 Å². The van der Waals surface area contributed by atoms with E-state index in [1.807, 2.05) is 6.92 Å². The van der Waals surface area contributed by atoms with E-state index in [4.69, 9.17) is 4.74 Å². The first kappa shape index (κ1) is 18.6. The topological polar surface area (TPSA) is 92.4 Å². The molecule has 142 valence electrons. The summed E-state index contributed by atoms with van der Waals surface area (Å²) in [7, 11) is 1.42. The third-order valence-corrected chi connectivity index (χ3v) is 6.24. The van der Waals surface area contributed by atoms with Crippen LogP contribution < -0.4 is 5.69 Å². The van der Waals surface area contributed by atoms with Crippen molar-refractivity contribution in [1.29, 1.82) is 0 Å². The van der Waals surface area contributed by atoms with Crippen molar-refractivity contribution in [1.82, 2.24) is 14.9 Å². The first-order valence-corrected chi connectivity index (χ1v) is 9.03. The van der Waals surface area contributed by atoms with Gasteiger partial charge in [0.05, 0.1) is 12.5 Å². The second-order valence-electron chi connectivity index (χ2n) is 8.37. The van der Waals surface area contributed by atoms with Crippen molar-refractivity contribution < 1.29 is 14.3 Å². The average molecular weight is 361 g/mol. The largest absolute Gasteiger partial charge is 0.469 e. The summed E-state index contributed by atoms with van der Waals surface area (Å²) >= 11 is 0. The van der Waals surface area contributed by atoms with Crippen molar-refractivity contribution in [2.45, 2.75) is 47.0 Å². The van der Waals surface area contributed by atoms with Crippen LogP contribution in [0.4, 0.5) is 0 Å². The number of carbonyl (C=O) groups excluding carboxylic acids is 2. The number of H-pyrrole nitrogens is 1. The van der Waals surface area contributed by atoms with E-state index in [1.165, 1.54) is 7.11 Å². The lowest BCUT2D eigenvalue weighted by Crippen LogP contribution is -2.57. The van der Waals surface area contributed by atoms with Crippen molar-refractivity contribution >= 4 is 11.9 Å². The zero-order chi connectivity index (χ0) is 19.3. The van der Waals surface area contributed by atoms with E-state index in [0.29, 0.717) is 31.6 Å². The van der Waals surface area contributed by atoms with Crippen molar-refractivity contribution in [2.24, 2.45) is 16.7 Å². The normalized spacial score (nSPS) is 26.2. The molecule has 0 unspecified atom stereocenters. The number of likely N-dealkylation sites (tertiary alicyclic amines) is 1. The van der Waals surface area contributed by atoms with Crippen LogP contribution in [0.25, 0.3) is 0 Å². The molecule has 1 saturated heterocycles. The van der Waals surface area contributed by atoms with E-state index in [0.717, 1.165) is 17.7 Å². The molecule has 2 fully saturated rings. The molecule has 2 aliphatic rings. The number of hydrogen-bond acceptors (Lipinski definition) is 5. The number of hydrogen-bond donors (Lipinski definition) is 1. The highest BCUT2D eigenvalue weighted by Gasteiger charge is 2.67. The molecule has 1 aromatic rings. The Morgan fingerprint density at radius 2 is 2.04 bits per heavy atom. The lowest BCUT2D eigenvalue weighted by molar-refractivity contribution is -0.174. The van der Waals surface area contributed by atoms with Crippen LogP contribution in [0.5, 0.6) is 0 Å². The fraction of sp³-hybridized carbons (Fsp3) is 0.684. The van der Waals surface area contributed by atoms with Gasteiger partial charge in [0.2, 0.25) is 5.91 Å². The van der Waals surface area contributed by atoms with E-state index >= 15 is 0 Å². The molecule has 1 saturated carbocycles. The number of fused-ring (bicyclic) bond motifs is 1. The Hall–Kier alpha value is -2.18. The maximum Gasteiger partial charge on any atom is 0.345 e. The Balaban J connectivity index is 1.70. The number of carbonyl (C=O) groups is 2. The SMILES string of the molecule is COC(=O)[C@@]12CN(C(=O)CCc3c(C)nc(=O)[nH]c3C)C[C@@H]1C(C)(C)C2. The fourth-order valence-electron chi connectivity index (χ4n) is 5.08. The lowest BCUT2D eigenvalue weighted by atomic mass is 9.48. The number of amides is 1. The molecule has 2 atom stereocenters. The van der Waals surface area contributed by atoms with E-state index in [9.17, 15) is 14.4 Å². The number of aromatic amines is 1. The monoisotopic (exact) mass is 361 g/mol. The quantitative estimate of drug-likeness (QED) is 0.818. The Morgan fingerprint density at radius 1 is 1.35 bits per heavy atom. The molecule has 1 amide bonds. The molecule has 1 N–H and O–H groups in total. The molecule has 0 spiro atoms. The molecule has 0 aromatic carbocycles. The first-order chi connectivity index (χ1) is 12.1. The minimum absolute atomic E-state index is 0.0310. The molecular formula is C19H27N3O4. The van der Waals surface area contributed by atoms with Gasteiger partial charge < -0.3 is 14.6 Å². The van der Waals surface area contributed by atoms with Crippen LogP contribution in [0.2, 0.25) is 0 Å². The highest BCUT2D eigenvalue weighted by atomic mass is 16.5. The summed E-state index contributed by atoms with van der Waals surface area (Å²) in [6, 6.07) is 0. The summed E-state index contributed by atoms with van der Waals surface area (Å²) < 4.78 is 5.03. The van der Waals surface area contributed by atoms with Crippen LogP contribution in [0.3, 0.4) is 0 Å². The van der Waals surface area contributed by atoms with Crippen molar-refractivity contribution in [2.75, 3.05) is 20.2 Å². The number of methoxy groups -OCH3 is 1.